The van der Waals surface area contributed by atoms with E-state index in [1.54, 1.807) is 44.2 Å². The number of ether oxygens (including phenoxy) is 1. The van der Waals surface area contributed by atoms with Crippen molar-refractivity contribution in [1.29, 1.82) is 5.26 Å². The van der Waals surface area contributed by atoms with Crippen LogP contribution in [-0.2, 0) is 12.2 Å². The summed E-state index contributed by atoms with van der Waals surface area (Å²) in [6.07, 6.45) is 1.43. The average Bonchev–Trinajstić information content (AvgIpc) is 2.94. The molecule has 0 saturated carbocycles. The SMILES string of the molecule is CC(C)(O)c1ccc2c(Nc3cc(OCc4cccc(C#N)c4)ccc3Sc3ccc(O)cc3)ncnc2n1. The number of aromatic hydroxyl groups is 1. The second kappa shape index (κ2) is 11.0. The summed E-state index contributed by atoms with van der Waals surface area (Å²) in [6.45, 7) is 3.66. The van der Waals surface area contributed by atoms with Gasteiger partial charge < -0.3 is 20.3 Å². The molecule has 0 aliphatic rings. The number of aromatic nitrogens is 3. The molecule has 0 atom stereocenters. The fraction of sp³-hybridized carbons (Fsp3) is 0.133. The van der Waals surface area contributed by atoms with Gasteiger partial charge in [-0.2, -0.15) is 5.26 Å². The first-order valence-corrected chi connectivity index (χ1v) is 12.9. The minimum Gasteiger partial charge on any atom is -0.508 e. The van der Waals surface area contributed by atoms with Gasteiger partial charge in [-0.25, -0.2) is 15.0 Å². The highest BCUT2D eigenvalue weighted by molar-refractivity contribution is 7.99. The van der Waals surface area contributed by atoms with Gasteiger partial charge in [0.05, 0.1) is 28.4 Å². The lowest BCUT2D eigenvalue weighted by atomic mass is 10.0. The Morgan fingerprint density at radius 1 is 1.00 bits per heavy atom. The molecule has 194 valence electrons. The van der Waals surface area contributed by atoms with E-state index >= 15 is 0 Å². The number of hydrogen-bond acceptors (Lipinski definition) is 9. The second-order valence-electron chi connectivity index (χ2n) is 9.33. The van der Waals surface area contributed by atoms with Crippen molar-refractivity contribution < 1.29 is 14.9 Å². The zero-order chi connectivity index (χ0) is 27.4. The van der Waals surface area contributed by atoms with E-state index in [0.717, 1.165) is 21.0 Å². The smallest absolute Gasteiger partial charge is 0.165 e. The maximum atomic E-state index is 10.4. The summed E-state index contributed by atoms with van der Waals surface area (Å²) >= 11 is 1.52. The van der Waals surface area contributed by atoms with Crippen LogP contribution in [0.1, 0.15) is 30.7 Å². The minimum atomic E-state index is -1.10. The number of aliphatic hydroxyl groups is 1. The van der Waals surface area contributed by atoms with Crippen LogP contribution < -0.4 is 10.1 Å². The van der Waals surface area contributed by atoms with E-state index in [4.69, 9.17) is 4.74 Å². The van der Waals surface area contributed by atoms with Crippen LogP contribution in [-0.4, -0.2) is 25.2 Å². The molecule has 0 amide bonds. The van der Waals surface area contributed by atoms with Crippen LogP contribution in [0.2, 0.25) is 0 Å². The third-order valence-electron chi connectivity index (χ3n) is 5.85. The Kier molecular flexibility index (Phi) is 7.32. The number of rotatable bonds is 8. The van der Waals surface area contributed by atoms with Gasteiger partial charge in [0.15, 0.2) is 5.65 Å². The summed E-state index contributed by atoms with van der Waals surface area (Å²) < 4.78 is 6.07. The molecule has 0 saturated heterocycles. The Balaban J connectivity index is 1.48. The monoisotopic (exact) mass is 535 g/mol. The van der Waals surface area contributed by atoms with E-state index in [1.165, 1.54) is 18.1 Å². The van der Waals surface area contributed by atoms with Crippen molar-refractivity contribution in [3.63, 3.8) is 0 Å². The Hall–Kier alpha value is -4.65. The van der Waals surface area contributed by atoms with Gasteiger partial charge in [0.1, 0.15) is 35.9 Å². The van der Waals surface area contributed by atoms with Crippen LogP contribution in [0, 0.1) is 11.3 Å². The molecule has 8 nitrogen and oxygen atoms in total. The molecule has 0 aliphatic carbocycles. The van der Waals surface area contributed by atoms with Crippen molar-refractivity contribution in [2.24, 2.45) is 0 Å². The highest BCUT2D eigenvalue weighted by Crippen LogP contribution is 2.38. The predicted octanol–water partition coefficient (Wildman–Crippen LogP) is 6.30. The molecule has 0 spiro atoms. The van der Waals surface area contributed by atoms with Gasteiger partial charge in [-0.1, -0.05) is 23.9 Å². The van der Waals surface area contributed by atoms with E-state index in [9.17, 15) is 15.5 Å². The fourth-order valence-corrected chi connectivity index (χ4v) is 4.72. The zero-order valence-electron chi connectivity index (χ0n) is 21.3. The lowest BCUT2D eigenvalue weighted by Crippen LogP contribution is -2.17. The topological polar surface area (TPSA) is 124 Å². The average molecular weight is 536 g/mol. The molecule has 39 heavy (non-hydrogen) atoms. The summed E-state index contributed by atoms with van der Waals surface area (Å²) in [5.74, 6) is 1.39. The molecule has 3 aromatic carbocycles. The molecule has 5 aromatic rings. The number of anilines is 2. The third kappa shape index (κ3) is 6.26. The zero-order valence-corrected chi connectivity index (χ0v) is 22.1. The molecule has 0 unspecified atom stereocenters. The van der Waals surface area contributed by atoms with Gasteiger partial charge in [0.25, 0.3) is 0 Å². The Morgan fingerprint density at radius 2 is 1.82 bits per heavy atom. The van der Waals surface area contributed by atoms with E-state index in [1.807, 2.05) is 48.5 Å². The maximum Gasteiger partial charge on any atom is 0.165 e. The highest BCUT2D eigenvalue weighted by atomic mass is 32.2. The molecule has 5 rings (SSSR count). The van der Waals surface area contributed by atoms with E-state index < -0.39 is 5.60 Å². The molecule has 9 heteroatoms. The van der Waals surface area contributed by atoms with E-state index in [2.05, 4.69) is 26.3 Å². The highest BCUT2D eigenvalue weighted by Gasteiger charge is 2.19. The lowest BCUT2D eigenvalue weighted by Gasteiger charge is -2.18. The first-order chi connectivity index (χ1) is 18.8. The summed E-state index contributed by atoms with van der Waals surface area (Å²) in [7, 11) is 0. The number of nitrogens with one attached hydrogen (secondary N) is 1. The molecule has 0 radical (unpaired) electrons. The molecule has 2 aromatic heterocycles. The quantitative estimate of drug-likeness (QED) is 0.210. The van der Waals surface area contributed by atoms with Crippen LogP contribution in [0.3, 0.4) is 0 Å². The normalized spacial score (nSPS) is 11.2. The maximum absolute atomic E-state index is 10.4. The van der Waals surface area contributed by atoms with Crippen LogP contribution in [0.25, 0.3) is 11.0 Å². The molecule has 2 heterocycles. The Bertz CT molecular complexity index is 1680. The van der Waals surface area contributed by atoms with Crippen LogP contribution in [0.5, 0.6) is 11.5 Å². The van der Waals surface area contributed by atoms with E-state index in [0.29, 0.717) is 40.5 Å². The summed E-state index contributed by atoms with van der Waals surface area (Å²) in [4.78, 5) is 15.1. The van der Waals surface area contributed by atoms with Crippen molar-refractivity contribution >= 4 is 34.3 Å². The van der Waals surface area contributed by atoms with Gasteiger partial charge in [0.2, 0.25) is 0 Å². The number of pyridine rings is 1. The number of phenols is 1. The molecule has 3 N–H and O–H groups in total. The van der Waals surface area contributed by atoms with Crippen LogP contribution in [0.4, 0.5) is 11.5 Å². The third-order valence-corrected chi connectivity index (χ3v) is 6.94. The van der Waals surface area contributed by atoms with Gasteiger partial charge >= 0.3 is 0 Å². The van der Waals surface area contributed by atoms with Gasteiger partial charge in [-0.05, 0) is 80.1 Å². The van der Waals surface area contributed by atoms with Crippen molar-refractivity contribution in [1.82, 2.24) is 15.0 Å². The number of phenolic OH excluding ortho intramolecular Hbond substituents is 1. The molecular weight excluding hydrogens is 510 g/mol. The number of fused-ring (bicyclic) bond motifs is 1. The number of benzene rings is 3. The lowest BCUT2D eigenvalue weighted by molar-refractivity contribution is 0.0741. The fourth-order valence-electron chi connectivity index (χ4n) is 3.83. The second-order valence-corrected chi connectivity index (χ2v) is 10.4. The van der Waals surface area contributed by atoms with Crippen LogP contribution in [0.15, 0.2) is 95.0 Å². The first kappa shape index (κ1) is 26.0. The molecule has 0 bridgehead atoms. The largest absolute Gasteiger partial charge is 0.508 e. The number of hydrogen-bond donors (Lipinski definition) is 3. The Labute approximate surface area is 230 Å². The summed E-state index contributed by atoms with van der Waals surface area (Å²) in [5.41, 5.74) is 2.10. The Morgan fingerprint density at radius 3 is 2.59 bits per heavy atom. The molecule has 0 aliphatic heterocycles. The predicted molar refractivity (Wildman–Crippen MR) is 150 cm³/mol. The van der Waals surface area contributed by atoms with Crippen molar-refractivity contribution in [3.8, 4) is 17.6 Å². The van der Waals surface area contributed by atoms with Crippen molar-refractivity contribution in [2.45, 2.75) is 35.8 Å². The van der Waals surface area contributed by atoms with E-state index in [-0.39, 0.29) is 5.75 Å². The molecular formula is C30H25N5O3S. The van der Waals surface area contributed by atoms with Crippen molar-refractivity contribution in [3.05, 3.63) is 102 Å². The van der Waals surface area contributed by atoms with Gasteiger partial charge in [0, 0.05) is 15.9 Å². The standard InChI is InChI=1S/C30H25N5O3S/c1-30(2,37)27-13-11-24-28(32-18-33-29(24)35-27)34-25-15-22(38-17-20-5-3-4-19(14-20)16-31)8-12-26(25)39-23-9-6-21(36)7-10-23/h3-15,18,36-37H,17H2,1-2H3,(H,32,33,34,35). The summed E-state index contributed by atoms with van der Waals surface area (Å²) in [5, 5.41) is 33.3. The minimum absolute atomic E-state index is 0.201. The number of nitrogens with zero attached hydrogens (tertiary/aromatic N) is 4. The van der Waals surface area contributed by atoms with Gasteiger partial charge in [-0.3, -0.25) is 0 Å². The number of nitriles is 1. The van der Waals surface area contributed by atoms with Gasteiger partial charge in [-0.15, -0.1) is 0 Å². The van der Waals surface area contributed by atoms with Crippen LogP contribution >= 0.6 is 11.8 Å². The van der Waals surface area contributed by atoms with Crippen molar-refractivity contribution in [2.75, 3.05) is 5.32 Å². The first-order valence-electron chi connectivity index (χ1n) is 12.1. The molecule has 0 fully saturated rings. The summed E-state index contributed by atoms with van der Waals surface area (Å²) in [6, 6.07) is 25.8.